The second kappa shape index (κ2) is 9.65. The van der Waals surface area contributed by atoms with Crippen molar-refractivity contribution in [2.75, 3.05) is 68.0 Å². The average molecular weight is 396 g/mol. The summed E-state index contributed by atoms with van der Waals surface area (Å²) < 4.78 is 12.5. The fourth-order valence-electron chi connectivity index (χ4n) is 5.02. The maximum absolute atomic E-state index is 6.29. The molecule has 7 nitrogen and oxygen atoms in total. The SMILES string of the molecule is C[C@H]1CN(C)C[C@@H](CC2CN(C)C=C(OCC(C3CCCN3C)N(C)C)N2)O1. The first-order chi connectivity index (χ1) is 13.3. The van der Waals surface area contributed by atoms with Gasteiger partial charge in [0, 0.05) is 38.8 Å². The smallest absolute Gasteiger partial charge is 0.203 e. The molecule has 0 aromatic rings. The van der Waals surface area contributed by atoms with Gasteiger partial charge in [-0.05, 0) is 60.9 Å². The number of likely N-dealkylation sites (N-methyl/N-ethyl adjacent to an activating group) is 4. The van der Waals surface area contributed by atoms with E-state index in [0.29, 0.717) is 30.8 Å². The average Bonchev–Trinajstić information content (AvgIpc) is 2.99. The maximum Gasteiger partial charge on any atom is 0.203 e. The second-order valence-electron chi connectivity index (χ2n) is 9.33. The van der Waals surface area contributed by atoms with Crippen molar-refractivity contribution in [3.05, 3.63) is 12.1 Å². The van der Waals surface area contributed by atoms with Crippen molar-refractivity contribution in [1.82, 2.24) is 24.9 Å². The lowest BCUT2D eigenvalue weighted by atomic mass is 10.1. The highest BCUT2D eigenvalue weighted by atomic mass is 16.5. The van der Waals surface area contributed by atoms with Crippen LogP contribution in [0.15, 0.2) is 12.1 Å². The van der Waals surface area contributed by atoms with E-state index < -0.39 is 0 Å². The highest BCUT2D eigenvalue weighted by Crippen LogP contribution is 2.22. The van der Waals surface area contributed by atoms with E-state index >= 15 is 0 Å². The molecule has 0 amide bonds. The summed E-state index contributed by atoms with van der Waals surface area (Å²) in [6, 6.07) is 1.32. The standard InChI is InChI=1S/C21H41N5O2/c1-16-11-24(4)13-18(28-16)10-17-12-25(5)14-21(22-17)27-15-20(23(2)3)19-8-7-9-26(19)6/h14,16-20,22H,7-13,15H2,1-6H3/t16-,17?,18+,19?,20?/m0/s1. The molecule has 3 aliphatic rings. The Kier molecular flexibility index (Phi) is 7.48. The van der Waals surface area contributed by atoms with Gasteiger partial charge in [0.25, 0.3) is 0 Å². The number of nitrogens with zero attached hydrogens (tertiary/aromatic N) is 4. The summed E-state index contributed by atoms with van der Waals surface area (Å²) in [4.78, 5) is 9.39. The number of morpholine rings is 1. The van der Waals surface area contributed by atoms with Crippen molar-refractivity contribution in [3.63, 3.8) is 0 Å². The van der Waals surface area contributed by atoms with E-state index in [2.05, 4.69) is 73.3 Å². The molecule has 28 heavy (non-hydrogen) atoms. The van der Waals surface area contributed by atoms with Gasteiger partial charge in [0.2, 0.25) is 5.88 Å². The van der Waals surface area contributed by atoms with Crippen molar-refractivity contribution in [1.29, 1.82) is 0 Å². The molecule has 3 heterocycles. The van der Waals surface area contributed by atoms with Gasteiger partial charge in [0.1, 0.15) is 6.61 Å². The van der Waals surface area contributed by atoms with Gasteiger partial charge in [-0.1, -0.05) is 0 Å². The second-order valence-corrected chi connectivity index (χ2v) is 9.33. The molecule has 3 rings (SSSR count). The molecule has 1 N–H and O–H groups in total. The molecule has 0 spiro atoms. The van der Waals surface area contributed by atoms with Gasteiger partial charge >= 0.3 is 0 Å². The fraction of sp³-hybridized carbons (Fsp3) is 0.905. The zero-order chi connectivity index (χ0) is 20.3. The highest BCUT2D eigenvalue weighted by Gasteiger charge is 2.32. The van der Waals surface area contributed by atoms with Crippen LogP contribution in [-0.4, -0.2) is 118 Å². The molecular weight excluding hydrogens is 354 g/mol. The lowest BCUT2D eigenvalue weighted by Gasteiger charge is -2.39. The van der Waals surface area contributed by atoms with Crippen molar-refractivity contribution in [2.45, 2.75) is 56.5 Å². The largest absolute Gasteiger partial charge is 0.476 e. The van der Waals surface area contributed by atoms with E-state index in [1.54, 1.807) is 0 Å². The van der Waals surface area contributed by atoms with E-state index in [0.717, 1.165) is 31.9 Å². The Morgan fingerprint density at radius 2 is 2.04 bits per heavy atom. The number of hydrogen-bond donors (Lipinski definition) is 1. The molecule has 3 unspecified atom stereocenters. The summed E-state index contributed by atoms with van der Waals surface area (Å²) in [7, 11) is 10.9. The molecule has 0 bridgehead atoms. The van der Waals surface area contributed by atoms with Crippen LogP contribution in [0.5, 0.6) is 0 Å². The van der Waals surface area contributed by atoms with Crippen molar-refractivity contribution >= 4 is 0 Å². The Morgan fingerprint density at radius 1 is 1.25 bits per heavy atom. The molecule has 7 heteroatoms. The number of hydrogen-bond acceptors (Lipinski definition) is 7. The lowest BCUT2D eigenvalue weighted by molar-refractivity contribution is -0.0771. The molecule has 0 aromatic heterocycles. The number of rotatable bonds is 7. The minimum absolute atomic E-state index is 0.278. The Labute approximate surface area is 171 Å². The van der Waals surface area contributed by atoms with Crippen LogP contribution in [0.25, 0.3) is 0 Å². The third kappa shape index (κ3) is 5.75. The molecule has 0 aliphatic carbocycles. The summed E-state index contributed by atoms with van der Waals surface area (Å²) in [5.74, 6) is 0.892. The Morgan fingerprint density at radius 3 is 2.68 bits per heavy atom. The number of likely N-dealkylation sites (tertiary alicyclic amines) is 1. The number of nitrogens with one attached hydrogen (secondary N) is 1. The molecule has 0 radical (unpaired) electrons. The van der Waals surface area contributed by atoms with Crippen LogP contribution in [0, 0.1) is 0 Å². The van der Waals surface area contributed by atoms with Gasteiger partial charge < -0.3 is 34.4 Å². The van der Waals surface area contributed by atoms with E-state index in [1.165, 1.54) is 19.4 Å². The van der Waals surface area contributed by atoms with Gasteiger partial charge in [-0.15, -0.1) is 0 Å². The minimum atomic E-state index is 0.278. The van der Waals surface area contributed by atoms with Gasteiger partial charge in [0.15, 0.2) is 0 Å². The molecule has 3 aliphatic heterocycles. The van der Waals surface area contributed by atoms with Crippen LogP contribution >= 0.6 is 0 Å². The van der Waals surface area contributed by atoms with Crippen LogP contribution in [-0.2, 0) is 9.47 Å². The van der Waals surface area contributed by atoms with Crippen LogP contribution in [0.4, 0.5) is 0 Å². The predicted molar refractivity (Wildman–Crippen MR) is 113 cm³/mol. The Hall–Kier alpha value is -1.02. The zero-order valence-electron chi connectivity index (χ0n) is 18.7. The molecule has 2 fully saturated rings. The van der Waals surface area contributed by atoms with Gasteiger partial charge in [-0.25, -0.2) is 0 Å². The summed E-state index contributed by atoms with van der Waals surface area (Å²) in [5.41, 5.74) is 0. The van der Waals surface area contributed by atoms with Gasteiger partial charge in [0.05, 0.1) is 24.4 Å². The fourth-order valence-corrected chi connectivity index (χ4v) is 5.02. The monoisotopic (exact) mass is 395 g/mol. The summed E-state index contributed by atoms with van der Waals surface area (Å²) in [6.07, 6.45) is 6.22. The molecule has 0 saturated carbocycles. The van der Waals surface area contributed by atoms with Crippen LogP contribution < -0.4 is 5.32 Å². The van der Waals surface area contributed by atoms with Crippen molar-refractivity contribution in [2.24, 2.45) is 0 Å². The number of ether oxygens (including phenoxy) is 2. The molecule has 162 valence electrons. The quantitative estimate of drug-likeness (QED) is 0.685. The highest BCUT2D eigenvalue weighted by molar-refractivity contribution is 5.00. The third-order valence-electron chi connectivity index (χ3n) is 6.34. The lowest BCUT2D eigenvalue weighted by Crippen LogP contribution is -2.51. The van der Waals surface area contributed by atoms with E-state index in [4.69, 9.17) is 9.47 Å². The molecular formula is C21H41N5O2. The maximum atomic E-state index is 6.29. The van der Waals surface area contributed by atoms with Crippen molar-refractivity contribution in [3.8, 4) is 0 Å². The van der Waals surface area contributed by atoms with Gasteiger partial charge in [-0.3, -0.25) is 0 Å². The Bertz CT molecular complexity index is 519. The van der Waals surface area contributed by atoms with Crippen molar-refractivity contribution < 1.29 is 9.47 Å². The van der Waals surface area contributed by atoms with Crippen LogP contribution in [0.3, 0.4) is 0 Å². The molecule has 5 atom stereocenters. The zero-order valence-corrected chi connectivity index (χ0v) is 18.7. The topological polar surface area (TPSA) is 43.5 Å². The van der Waals surface area contributed by atoms with Crippen LogP contribution in [0.2, 0.25) is 0 Å². The molecule has 2 saturated heterocycles. The normalized spacial score (nSPS) is 33.7. The van der Waals surface area contributed by atoms with E-state index in [-0.39, 0.29) is 6.10 Å². The predicted octanol–water partition coefficient (Wildman–Crippen LogP) is 0.839. The van der Waals surface area contributed by atoms with Gasteiger partial charge in [-0.2, -0.15) is 0 Å². The first kappa shape index (κ1) is 21.7. The first-order valence-electron chi connectivity index (χ1n) is 10.8. The summed E-state index contributed by atoms with van der Waals surface area (Å²) >= 11 is 0. The third-order valence-corrected chi connectivity index (χ3v) is 6.34. The van der Waals surface area contributed by atoms with E-state index in [1.807, 2.05) is 0 Å². The summed E-state index contributed by atoms with van der Waals surface area (Å²) in [6.45, 7) is 7.07. The van der Waals surface area contributed by atoms with Crippen LogP contribution in [0.1, 0.15) is 26.2 Å². The Balaban J connectivity index is 1.53. The molecule has 0 aromatic carbocycles. The first-order valence-corrected chi connectivity index (χ1v) is 10.8. The summed E-state index contributed by atoms with van der Waals surface area (Å²) in [5, 5.41) is 3.62. The van der Waals surface area contributed by atoms with E-state index in [9.17, 15) is 0 Å². The minimum Gasteiger partial charge on any atom is -0.476 e.